The van der Waals surface area contributed by atoms with Crippen LogP contribution in [0.2, 0.25) is 0 Å². The largest absolute Gasteiger partial charge is 2.00 e. The van der Waals surface area contributed by atoms with Gasteiger partial charge in [-0.2, -0.15) is 6.07 Å². The molecule has 0 amide bonds. The van der Waals surface area contributed by atoms with E-state index in [1.54, 1.807) is 60.5 Å². The van der Waals surface area contributed by atoms with Gasteiger partial charge in [0, 0.05) is 34.0 Å². The second-order valence-electron chi connectivity index (χ2n) is 20.7. The number of hydrogen-bond donors (Lipinski definition) is 0. The molecule has 1 aliphatic rings. The monoisotopic (exact) mass is 1120 g/mol. The van der Waals surface area contributed by atoms with Crippen molar-refractivity contribution in [2.45, 2.75) is 99.3 Å². The molecule has 0 spiro atoms. The summed E-state index contributed by atoms with van der Waals surface area (Å²) in [6, 6.07) is 24.8. The maximum Gasteiger partial charge on any atom is 2.00 e. The Morgan fingerprint density at radius 3 is 1.85 bits per heavy atom. The minimum atomic E-state index is -0.576. The van der Waals surface area contributed by atoms with Gasteiger partial charge in [-0.3, -0.25) is 0 Å². The average molecular weight is 1120 g/mol. The summed E-state index contributed by atoms with van der Waals surface area (Å²) in [7, 11) is 0. The van der Waals surface area contributed by atoms with Crippen LogP contribution in [0.1, 0.15) is 110 Å². The van der Waals surface area contributed by atoms with Crippen molar-refractivity contribution in [1.82, 2.24) is 24.5 Å². The molecule has 4 heterocycles. The molecule has 9 aromatic rings. The maximum atomic E-state index is 9.18. The molecule has 0 radical (unpaired) electrons. The van der Waals surface area contributed by atoms with Crippen LogP contribution in [0.5, 0.6) is 11.5 Å². The van der Waals surface area contributed by atoms with E-state index < -0.39 is 71.3 Å². The van der Waals surface area contributed by atoms with Crippen molar-refractivity contribution in [3.8, 4) is 51.0 Å². The van der Waals surface area contributed by atoms with Gasteiger partial charge >= 0.3 is 27.1 Å². The van der Waals surface area contributed by atoms with Crippen molar-refractivity contribution in [3.05, 3.63) is 186 Å². The van der Waals surface area contributed by atoms with Gasteiger partial charge in [0.2, 0.25) is 5.69 Å². The third kappa shape index (κ3) is 9.24. The normalized spacial score (nSPS) is 14.8. The van der Waals surface area contributed by atoms with Crippen molar-refractivity contribution in [2.75, 3.05) is 0 Å². The van der Waals surface area contributed by atoms with Gasteiger partial charge in [0.15, 0.2) is 0 Å². The van der Waals surface area contributed by atoms with Crippen molar-refractivity contribution < 1.29 is 48.7 Å². The first kappa shape index (κ1) is 37.7. The number of fused-ring (bicyclic) bond motifs is 3. The summed E-state index contributed by atoms with van der Waals surface area (Å²) in [4.78, 5) is 20.1. The fraction of sp³-hybridized carbons (Fsp3) is 0.242. The molecule has 3 aromatic heterocycles. The van der Waals surface area contributed by atoms with Crippen LogP contribution in [0.4, 0.5) is 11.4 Å². The van der Waals surface area contributed by atoms with Gasteiger partial charge in [-0.15, -0.1) is 23.6 Å². The molecule has 71 heavy (non-hydrogen) atoms. The zero-order valence-electron chi connectivity index (χ0n) is 51.9. The van der Waals surface area contributed by atoms with Crippen LogP contribution in [0.3, 0.4) is 0 Å². The number of nitrogens with zero attached hydrogens (tertiary/aromatic N) is 7. The summed E-state index contributed by atoms with van der Waals surface area (Å²) in [6.07, 6.45) is 5.15. The van der Waals surface area contributed by atoms with Crippen LogP contribution >= 0.6 is 0 Å². The van der Waals surface area contributed by atoms with E-state index in [2.05, 4.69) is 103 Å². The molecule has 0 fully saturated rings. The SMILES string of the molecule is [2H]c1c([2H])c([2H])c(-c2c(C)c(C)c(C)c(-c3c([2H])c([2H])c([2H])c([2H])c3[2H])c2[N+]2=C=[N+](c3[c-]c(Oc4[c-]c5c(cc4-c4nc(C(C)(C)C)nc(C(C)(C)C)n4)c4ccccc4n5-c4cc(C(C)(C)C)ccn4)ccc3)C=C2)c([2H])c1[2H].[Pt+2]. The molecule has 0 bridgehead atoms. The van der Waals surface area contributed by atoms with Crippen LogP contribution < -0.4 is 4.74 Å². The zero-order valence-corrected chi connectivity index (χ0v) is 44.1. The summed E-state index contributed by atoms with van der Waals surface area (Å²) in [5, 5.41) is 1.83. The molecule has 8 nitrogen and oxygen atoms in total. The van der Waals surface area contributed by atoms with Crippen LogP contribution in [0.15, 0.2) is 140 Å². The van der Waals surface area contributed by atoms with E-state index in [1.807, 2.05) is 30.5 Å². The summed E-state index contributed by atoms with van der Waals surface area (Å²) in [6.45, 7) is 24.2. The van der Waals surface area contributed by atoms with Gasteiger partial charge in [-0.05, 0) is 88.7 Å². The van der Waals surface area contributed by atoms with Gasteiger partial charge in [0.25, 0.3) is 12.4 Å². The molecule has 1 aliphatic heterocycles. The first-order valence-corrected chi connectivity index (χ1v) is 23.2. The number of pyridine rings is 1. The molecular formula is C62H59N7OPt+2. The third-order valence-corrected chi connectivity index (χ3v) is 12.6. The molecule has 0 unspecified atom stereocenters. The molecule has 6 aromatic carbocycles. The minimum Gasteiger partial charge on any atom is -0.508 e. The van der Waals surface area contributed by atoms with E-state index in [0.717, 1.165) is 21.9 Å². The van der Waals surface area contributed by atoms with Crippen LogP contribution in [-0.4, -0.2) is 39.7 Å². The second-order valence-corrected chi connectivity index (χ2v) is 20.7. The topological polar surface area (TPSA) is 71.7 Å². The number of para-hydroxylation sites is 1. The van der Waals surface area contributed by atoms with E-state index in [9.17, 15) is 5.48 Å². The Kier molecular flexibility index (Phi) is 9.86. The fourth-order valence-electron chi connectivity index (χ4n) is 8.64. The van der Waals surface area contributed by atoms with Crippen molar-refractivity contribution in [2.24, 2.45) is 0 Å². The Labute approximate surface area is 446 Å². The molecule has 0 saturated heterocycles. The number of rotatable bonds is 8. The van der Waals surface area contributed by atoms with Crippen LogP contribution in [0, 0.1) is 32.9 Å². The van der Waals surface area contributed by atoms with Crippen LogP contribution in [0.25, 0.3) is 61.3 Å². The van der Waals surface area contributed by atoms with E-state index in [4.69, 9.17) is 32.9 Å². The Morgan fingerprint density at radius 2 is 1.24 bits per heavy atom. The average Bonchev–Trinajstić information content (AvgIpc) is 4.26. The molecule has 0 aliphatic carbocycles. The van der Waals surface area contributed by atoms with E-state index >= 15 is 0 Å². The van der Waals surface area contributed by atoms with Gasteiger partial charge in [0.05, 0.1) is 24.8 Å². The quantitative estimate of drug-likeness (QED) is 0.112. The Bertz CT molecular complexity index is 4070. The van der Waals surface area contributed by atoms with Crippen molar-refractivity contribution in [3.63, 3.8) is 0 Å². The second kappa shape index (κ2) is 18.6. The molecule has 9 heteroatoms. The molecule has 0 atom stereocenters. The van der Waals surface area contributed by atoms with Crippen molar-refractivity contribution in [1.29, 1.82) is 0 Å². The van der Waals surface area contributed by atoms with Gasteiger partial charge in [-0.25, -0.2) is 19.9 Å². The Morgan fingerprint density at radius 1 is 0.634 bits per heavy atom. The van der Waals surface area contributed by atoms with Gasteiger partial charge in [-0.1, -0.05) is 168 Å². The fourth-order valence-corrected chi connectivity index (χ4v) is 8.64. The predicted molar refractivity (Wildman–Crippen MR) is 283 cm³/mol. The summed E-state index contributed by atoms with van der Waals surface area (Å²) >= 11 is 0. The third-order valence-electron chi connectivity index (χ3n) is 12.6. The van der Waals surface area contributed by atoms with Gasteiger partial charge < -0.3 is 9.30 Å². The number of ether oxygens (including phenoxy) is 1. The maximum absolute atomic E-state index is 9.18. The molecule has 0 saturated carbocycles. The number of aromatic nitrogens is 5. The molecular weight excluding hydrogens is 1050 g/mol. The van der Waals surface area contributed by atoms with E-state index in [-0.39, 0.29) is 60.2 Å². The summed E-state index contributed by atoms with van der Waals surface area (Å²) in [5.41, 5.74) is 4.72. The Balaban J connectivity index is 0.00000792. The number of benzene rings is 6. The first-order valence-electron chi connectivity index (χ1n) is 28.2. The van der Waals surface area contributed by atoms with Gasteiger partial charge in [0.1, 0.15) is 29.0 Å². The zero-order chi connectivity index (χ0) is 58.0. The minimum absolute atomic E-state index is 0. The van der Waals surface area contributed by atoms with Crippen LogP contribution in [-0.2, 0) is 37.3 Å². The number of hydrogen-bond acceptors (Lipinski definition) is 5. The smallest absolute Gasteiger partial charge is 0.508 e. The Hall–Kier alpha value is -7.11. The molecule has 10 rings (SSSR count). The molecule has 0 N–H and O–H groups in total. The standard InChI is InChI=1S/C62H59N7O.Pt/c1-39-40(2)54(42-22-15-13-16-23-42)56(55(41(39)3)43-24-17-14-18-25-43)68-33-32-67(38-68)45-26-21-27-46(35-45)70-52-37-51-48(36-49(52)57-64-58(61(7,8)9)66-59(65-57)62(10,11)12)47-28-19-20-29-50(47)69(51)53-34-44(30-31-63-53)60(4,5)6;/h13-34,36H,1-12H3;/q;+2/i13D,14D,15D,16D,17D,18D,22D,23D,24D,25D;. The predicted octanol–water partition coefficient (Wildman–Crippen LogP) is 15.2. The summed E-state index contributed by atoms with van der Waals surface area (Å²) in [5.74, 6) is 2.91. The van der Waals surface area contributed by atoms with Crippen molar-refractivity contribution >= 4 is 39.2 Å². The van der Waals surface area contributed by atoms with E-state index in [0.29, 0.717) is 62.5 Å². The molecule has 356 valence electrons. The summed E-state index contributed by atoms with van der Waals surface area (Å²) < 4.78 is 101. The first-order chi connectivity index (χ1) is 37.5. The van der Waals surface area contributed by atoms with E-state index in [1.165, 1.54) is 0 Å².